The summed E-state index contributed by atoms with van der Waals surface area (Å²) >= 11 is 1.51. The number of carbonyl (C=O) groups excluding carboxylic acids is 1. The fourth-order valence-corrected chi connectivity index (χ4v) is 2.84. The van der Waals surface area contributed by atoms with E-state index >= 15 is 0 Å². The third kappa shape index (κ3) is 4.42. The number of thiazole rings is 1. The van der Waals surface area contributed by atoms with E-state index in [4.69, 9.17) is 4.74 Å². The van der Waals surface area contributed by atoms with E-state index in [9.17, 15) is 4.79 Å². The van der Waals surface area contributed by atoms with E-state index in [1.165, 1.54) is 11.3 Å². The van der Waals surface area contributed by atoms with Gasteiger partial charge in [-0.15, -0.1) is 23.7 Å². The summed E-state index contributed by atoms with van der Waals surface area (Å²) in [5, 5.41) is 6.05. The lowest BCUT2D eigenvalue weighted by Gasteiger charge is -2.25. The van der Waals surface area contributed by atoms with Gasteiger partial charge in [0.2, 0.25) is 5.91 Å². The Balaban J connectivity index is 0.00000180. The minimum Gasteiger partial charge on any atom is -0.378 e. The minimum absolute atomic E-state index is 0. The summed E-state index contributed by atoms with van der Waals surface area (Å²) < 4.78 is 5.36. The van der Waals surface area contributed by atoms with Crippen molar-refractivity contribution in [1.82, 2.24) is 10.3 Å². The van der Waals surface area contributed by atoms with Crippen LogP contribution in [0.5, 0.6) is 0 Å². The zero-order valence-electron chi connectivity index (χ0n) is 11.2. The van der Waals surface area contributed by atoms with Crippen LogP contribution in [0.25, 0.3) is 0 Å². The molecule has 0 spiro atoms. The first kappa shape index (κ1) is 16.4. The predicted molar refractivity (Wildman–Crippen MR) is 79.4 cm³/mol. The van der Waals surface area contributed by atoms with Gasteiger partial charge < -0.3 is 10.1 Å². The first-order valence-corrected chi connectivity index (χ1v) is 7.12. The van der Waals surface area contributed by atoms with Gasteiger partial charge in [0.1, 0.15) is 0 Å². The molecule has 0 aliphatic carbocycles. The maximum atomic E-state index is 12.2. The summed E-state index contributed by atoms with van der Waals surface area (Å²) in [6.45, 7) is 6.72. The molecule has 1 saturated heterocycles. The highest BCUT2D eigenvalue weighted by Gasteiger charge is 2.22. The van der Waals surface area contributed by atoms with E-state index < -0.39 is 0 Å². The van der Waals surface area contributed by atoms with Crippen LogP contribution in [-0.4, -0.2) is 43.2 Å². The molecular weight excluding hydrogens is 286 g/mol. The molecule has 0 saturated carbocycles. The number of ether oxygens (including phenoxy) is 1. The summed E-state index contributed by atoms with van der Waals surface area (Å²) in [5.74, 6) is 0.106. The number of carbonyl (C=O) groups is 1. The molecule has 2 rings (SSSR count). The Hall–Kier alpha value is -0.690. The SMILES string of the molecule is CCN(C(=O)CC1COCCN1)c1nc(C)cs1.Cl. The van der Waals surface area contributed by atoms with Crippen LogP contribution in [-0.2, 0) is 9.53 Å². The zero-order chi connectivity index (χ0) is 13.0. The number of anilines is 1. The molecule has 1 N–H and O–H groups in total. The Morgan fingerprint density at radius 1 is 1.68 bits per heavy atom. The lowest BCUT2D eigenvalue weighted by atomic mass is 10.2. The Morgan fingerprint density at radius 3 is 3.00 bits per heavy atom. The number of amides is 1. The van der Waals surface area contributed by atoms with Crippen LogP contribution >= 0.6 is 23.7 Å². The van der Waals surface area contributed by atoms with Crippen molar-refractivity contribution in [3.05, 3.63) is 11.1 Å². The molecule has 0 bridgehead atoms. The molecule has 1 atom stereocenters. The number of aryl methyl sites for hydroxylation is 1. The maximum absolute atomic E-state index is 12.2. The second-order valence-corrected chi connectivity index (χ2v) is 5.18. The van der Waals surface area contributed by atoms with Crippen molar-refractivity contribution in [1.29, 1.82) is 0 Å². The summed E-state index contributed by atoms with van der Waals surface area (Å²) in [7, 11) is 0. The molecule has 1 aliphatic rings. The van der Waals surface area contributed by atoms with E-state index in [0.29, 0.717) is 19.6 Å². The molecule has 108 valence electrons. The fraction of sp³-hybridized carbons (Fsp3) is 0.667. The number of aromatic nitrogens is 1. The second kappa shape index (κ2) is 7.79. The average Bonchev–Trinajstić information content (AvgIpc) is 2.78. The van der Waals surface area contributed by atoms with Gasteiger partial charge in [0.25, 0.3) is 0 Å². The Morgan fingerprint density at radius 2 is 2.47 bits per heavy atom. The number of nitrogens with one attached hydrogen (secondary N) is 1. The molecule has 0 aromatic carbocycles. The summed E-state index contributed by atoms with van der Waals surface area (Å²) in [6, 6.07) is 0.126. The Kier molecular flexibility index (Phi) is 6.71. The number of rotatable bonds is 4. The third-order valence-electron chi connectivity index (χ3n) is 2.87. The van der Waals surface area contributed by atoms with Crippen molar-refractivity contribution in [2.24, 2.45) is 0 Å². The van der Waals surface area contributed by atoms with Gasteiger partial charge in [-0.2, -0.15) is 0 Å². The molecule has 1 unspecified atom stereocenters. The van der Waals surface area contributed by atoms with Crippen LogP contribution < -0.4 is 10.2 Å². The van der Waals surface area contributed by atoms with Gasteiger partial charge in [-0.25, -0.2) is 4.98 Å². The fourth-order valence-electron chi connectivity index (χ4n) is 1.96. The van der Waals surface area contributed by atoms with Crippen molar-refractivity contribution in [2.45, 2.75) is 26.3 Å². The van der Waals surface area contributed by atoms with E-state index in [1.54, 1.807) is 4.90 Å². The summed E-state index contributed by atoms with van der Waals surface area (Å²) in [4.78, 5) is 18.4. The molecule has 7 heteroatoms. The van der Waals surface area contributed by atoms with Crippen LogP contribution in [0, 0.1) is 6.92 Å². The zero-order valence-corrected chi connectivity index (χ0v) is 12.9. The number of nitrogens with zero attached hydrogens (tertiary/aromatic N) is 2. The third-order valence-corrected chi connectivity index (χ3v) is 3.86. The van der Waals surface area contributed by atoms with Crippen LogP contribution in [0.2, 0.25) is 0 Å². The smallest absolute Gasteiger partial charge is 0.230 e. The second-order valence-electron chi connectivity index (χ2n) is 4.34. The van der Waals surface area contributed by atoms with E-state index in [-0.39, 0.29) is 24.4 Å². The van der Waals surface area contributed by atoms with E-state index in [2.05, 4.69) is 10.3 Å². The molecule has 1 aliphatic heterocycles. The van der Waals surface area contributed by atoms with Crippen molar-refractivity contribution in [2.75, 3.05) is 31.2 Å². The molecular formula is C12H20ClN3O2S. The largest absolute Gasteiger partial charge is 0.378 e. The van der Waals surface area contributed by atoms with Gasteiger partial charge >= 0.3 is 0 Å². The highest BCUT2D eigenvalue weighted by Crippen LogP contribution is 2.21. The highest BCUT2D eigenvalue weighted by atomic mass is 35.5. The van der Waals surface area contributed by atoms with E-state index in [0.717, 1.165) is 24.0 Å². The van der Waals surface area contributed by atoms with Crippen molar-refractivity contribution < 1.29 is 9.53 Å². The monoisotopic (exact) mass is 305 g/mol. The van der Waals surface area contributed by atoms with Gasteiger partial charge in [0.15, 0.2) is 5.13 Å². The Bertz CT molecular complexity index is 407. The minimum atomic E-state index is 0. The van der Waals surface area contributed by atoms with Gasteiger partial charge in [-0.1, -0.05) is 0 Å². The van der Waals surface area contributed by atoms with Gasteiger partial charge in [0.05, 0.1) is 18.9 Å². The van der Waals surface area contributed by atoms with Gasteiger partial charge in [-0.05, 0) is 13.8 Å². The van der Waals surface area contributed by atoms with Gasteiger partial charge in [0, 0.05) is 30.9 Å². The molecule has 5 nitrogen and oxygen atoms in total. The predicted octanol–water partition coefficient (Wildman–Crippen LogP) is 1.60. The van der Waals surface area contributed by atoms with Crippen LogP contribution in [0.3, 0.4) is 0 Å². The molecule has 1 amide bonds. The van der Waals surface area contributed by atoms with Crippen LogP contribution in [0.15, 0.2) is 5.38 Å². The molecule has 0 radical (unpaired) electrons. The normalized spacial score (nSPS) is 18.7. The standard InChI is InChI=1S/C12H19N3O2S.ClH/c1-3-15(12-14-9(2)8-18-12)11(16)6-10-7-17-5-4-13-10;/h8,10,13H,3-7H2,1-2H3;1H. The number of morpholine rings is 1. The molecule has 1 aromatic heterocycles. The van der Waals surface area contributed by atoms with Crippen molar-refractivity contribution in [3.63, 3.8) is 0 Å². The average molecular weight is 306 g/mol. The Labute approximate surface area is 123 Å². The molecule has 1 aromatic rings. The number of hydrogen-bond acceptors (Lipinski definition) is 5. The highest BCUT2D eigenvalue weighted by molar-refractivity contribution is 7.14. The first-order chi connectivity index (χ1) is 8.70. The van der Waals surface area contributed by atoms with E-state index in [1.807, 2.05) is 19.2 Å². The number of hydrogen-bond donors (Lipinski definition) is 1. The molecule has 2 heterocycles. The van der Waals surface area contributed by atoms with Crippen molar-refractivity contribution in [3.8, 4) is 0 Å². The van der Waals surface area contributed by atoms with Gasteiger partial charge in [-0.3, -0.25) is 9.69 Å². The number of halogens is 1. The molecule has 19 heavy (non-hydrogen) atoms. The summed E-state index contributed by atoms with van der Waals surface area (Å²) in [6.07, 6.45) is 0.465. The topological polar surface area (TPSA) is 54.5 Å². The quantitative estimate of drug-likeness (QED) is 0.918. The van der Waals surface area contributed by atoms with Crippen LogP contribution in [0.1, 0.15) is 19.0 Å². The lowest BCUT2D eigenvalue weighted by molar-refractivity contribution is -0.119. The van der Waals surface area contributed by atoms with Crippen LogP contribution in [0.4, 0.5) is 5.13 Å². The molecule has 1 fully saturated rings. The first-order valence-electron chi connectivity index (χ1n) is 6.24. The maximum Gasteiger partial charge on any atom is 0.230 e. The lowest BCUT2D eigenvalue weighted by Crippen LogP contribution is -2.45. The van der Waals surface area contributed by atoms with Crippen molar-refractivity contribution >= 4 is 34.8 Å². The summed E-state index contributed by atoms with van der Waals surface area (Å²) in [5.41, 5.74) is 0.959.